The third kappa shape index (κ3) is 3.40. The van der Waals surface area contributed by atoms with E-state index in [2.05, 4.69) is 20.8 Å². The number of rotatable bonds is 3. The standard InChI is InChI=1S/C22H20F3N3O2/c23-22(24,25)30-17-7-3-13(4-8-17)21(29)28-15-5-6-16(28)11-14(10-15)19-12-27-20-18(19)2-1-9-26-20/h1-4,7-9,12,14-16H,5-6,10-11H2,(H,26,27). The number of benzene rings is 1. The fourth-order valence-electron chi connectivity index (χ4n) is 5.03. The predicted molar refractivity (Wildman–Crippen MR) is 104 cm³/mol. The van der Waals surface area contributed by atoms with Crippen molar-refractivity contribution in [2.75, 3.05) is 0 Å². The van der Waals surface area contributed by atoms with Gasteiger partial charge in [-0.05, 0) is 73.6 Å². The third-order valence-corrected chi connectivity index (χ3v) is 6.23. The van der Waals surface area contributed by atoms with Crippen LogP contribution in [0.15, 0.2) is 48.8 Å². The molecule has 2 fully saturated rings. The second-order valence-corrected chi connectivity index (χ2v) is 7.98. The number of H-pyrrole nitrogens is 1. The van der Waals surface area contributed by atoms with Crippen LogP contribution in [-0.2, 0) is 0 Å². The maximum absolute atomic E-state index is 13.1. The van der Waals surface area contributed by atoms with Gasteiger partial charge in [-0.2, -0.15) is 0 Å². The molecule has 2 bridgehead atoms. The molecule has 2 unspecified atom stereocenters. The molecule has 0 saturated carbocycles. The Morgan fingerprint density at radius 3 is 2.47 bits per heavy atom. The van der Waals surface area contributed by atoms with E-state index in [9.17, 15) is 18.0 Å². The maximum atomic E-state index is 13.1. The predicted octanol–water partition coefficient (Wildman–Crippen LogP) is 5.01. The summed E-state index contributed by atoms with van der Waals surface area (Å²) in [4.78, 5) is 22.6. The molecule has 156 valence electrons. The zero-order valence-corrected chi connectivity index (χ0v) is 16.0. The van der Waals surface area contributed by atoms with Crippen LogP contribution in [0.25, 0.3) is 11.0 Å². The number of piperidine rings is 1. The van der Waals surface area contributed by atoms with Gasteiger partial charge in [-0.1, -0.05) is 0 Å². The van der Waals surface area contributed by atoms with Crippen LogP contribution in [0.4, 0.5) is 13.2 Å². The van der Waals surface area contributed by atoms with Crippen molar-refractivity contribution >= 4 is 16.9 Å². The number of aromatic amines is 1. The van der Waals surface area contributed by atoms with Crippen LogP contribution in [0, 0.1) is 0 Å². The molecule has 30 heavy (non-hydrogen) atoms. The Balaban J connectivity index is 1.33. The highest BCUT2D eigenvalue weighted by atomic mass is 19.4. The molecule has 3 aromatic rings. The van der Waals surface area contributed by atoms with E-state index in [-0.39, 0.29) is 23.7 Å². The van der Waals surface area contributed by atoms with Gasteiger partial charge in [-0.15, -0.1) is 13.2 Å². The van der Waals surface area contributed by atoms with E-state index in [4.69, 9.17) is 0 Å². The van der Waals surface area contributed by atoms with Crippen LogP contribution >= 0.6 is 0 Å². The van der Waals surface area contributed by atoms with Crippen molar-refractivity contribution in [1.82, 2.24) is 14.9 Å². The molecule has 1 amide bonds. The second-order valence-electron chi connectivity index (χ2n) is 7.98. The van der Waals surface area contributed by atoms with Gasteiger partial charge in [0.2, 0.25) is 0 Å². The smallest absolute Gasteiger partial charge is 0.406 e. The lowest BCUT2D eigenvalue weighted by atomic mass is 9.85. The highest BCUT2D eigenvalue weighted by molar-refractivity contribution is 5.95. The first-order chi connectivity index (χ1) is 14.4. The van der Waals surface area contributed by atoms with Crippen LogP contribution in [0.2, 0.25) is 0 Å². The summed E-state index contributed by atoms with van der Waals surface area (Å²) >= 11 is 0. The minimum atomic E-state index is -4.75. The van der Waals surface area contributed by atoms with Crippen LogP contribution in [-0.4, -0.2) is 39.2 Å². The highest BCUT2D eigenvalue weighted by Gasteiger charge is 2.44. The Bertz CT molecular complexity index is 1060. The summed E-state index contributed by atoms with van der Waals surface area (Å²) in [6.07, 6.45) is 2.69. The van der Waals surface area contributed by atoms with Gasteiger partial charge in [0.15, 0.2) is 0 Å². The van der Waals surface area contributed by atoms with Crippen molar-refractivity contribution < 1.29 is 22.7 Å². The Morgan fingerprint density at radius 2 is 1.80 bits per heavy atom. The zero-order valence-electron chi connectivity index (χ0n) is 16.0. The Morgan fingerprint density at radius 1 is 1.10 bits per heavy atom. The molecule has 4 heterocycles. The molecule has 0 radical (unpaired) electrons. The van der Waals surface area contributed by atoms with E-state index in [1.807, 2.05) is 17.2 Å². The lowest BCUT2D eigenvalue weighted by Crippen LogP contribution is -2.46. The lowest BCUT2D eigenvalue weighted by Gasteiger charge is -2.39. The monoisotopic (exact) mass is 415 g/mol. The van der Waals surface area contributed by atoms with E-state index in [1.54, 1.807) is 6.20 Å². The zero-order chi connectivity index (χ0) is 20.9. The highest BCUT2D eigenvalue weighted by Crippen LogP contribution is 2.45. The number of fused-ring (bicyclic) bond motifs is 3. The SMILES string of the molecule is O=C(c1ccc(OC(F)(F)F)cc1)N1C2CCC1CC(c1c[nH]c3ncccc13)C2. The topological polar surface area (TPSA) is 58.2 Å². The molecule has 2 aliphatic heterocycles. The van der Waals surface area contributed by atoms with Crippen molar-refractivity contribution in [2.24, 2.45) is 0 Å². The number of pyridine rings is 1. The van der Waals surface area contributed by atoms with Crippen molar-refractivity contribution in [3.63, 3.8) is 0 Å². The average molecular weight is 415 g/mol. The van der Waals surface area contributed by atoms with Crippen LogP contribution in [0.3, 0.4) is 0 Å². The lowest BCUT2D eigenvalue weighted by molar-refractivity contribution is -0.274. The number of hydrogen-bond acceptors (Lipinski definition) is 3. The van der Waals surface area contributed by atoms with E-state index in [0.29, 0.717) is 11.5 Å². The molecule has 1 N–H and O–H groups in total. The van der Waals surface area contributed by atoms with Gasteiger partial charge in [0, 0.05) is 35.4 Å². The number of hydrogen-bond donors (Lipinski definition) is 1. The molecule has 2 aromatic heterocycles. The summed E-state index contributed by atoms with van der Waals surface area (Å²) in [5.74, 6) is -0.0964. The first-order valence-electron chi connectivity index (χ1n) is 9.99. The number of carbonyl (C=O) groups is 1. The normalized spacial score (nSPS) is 23.7. The van der Waals surface area contributed by atoms with Gasteiger partial charge in [0.1, 0.15) is 11.4 Å². The summed E-state index contributed by atoms with van der Waals surface area (Å²) in [7, 11) is 0. The van der Waals surface area contributed by atoms with Crippen LogP contribution in [0.5, 0.6) is 5.75 Å². The number of nitrogens with one attached hydrogen (secondary N) is 1. The van der Waals surface area contributed by atoms with E-state index >= 15 is 0 Å². The van der Waals surface area contributed by atoms with E-state index in [1.165, 1.54) is 29.8 Å². The molecule has 0 spiro atoms. The number of halogens is 3. The van der Waals surface area contributed by atoms with Gasteiger partial charge in [-0.3, -0.25) is 4.79 Å². The Kier molecular flexibility index (Phi) is 4.45. The number of amides is 1. The first-order valence-corrected chi connectivity index (χ1v) is 9.99. The maximum Gasteiger partial charge on any atom is 0.573 e. The van der Waals surface area contributed by atoms with Crippen molar-refractivity contribution in [3.8, 4) is 5.75 Å². The summed E-state index contributed by atoms with van der Waals surface area (Å²) < 4.78 is 40.9. The van der Waals surface area contributed by atoms with Crippen molar-refractivity contribution in [1.29, 1.82) is 0 Å². The van der Waals surface area contributed by atoms with Gasteiger partial charge >= 0.3 is 6.36 Å². The number of ether oxygens (including phenoxy) is 1. The molecule has 2 aliphatic rings. The number of alkyl halides is 3. The summed E-state index contributed by atoms with van der Waals surface area (Å²) in [6.45, 7) is 0. The number of nitrogens with zero attached hydrogens (tertiary/aromatic N) is 2. The van der Waals surface area contributed by atoms with E-state index < -0.39 is 6.36 Å². The van der Waals surface area contributed by atoms with Crippen molar-refractivity contribution in [3.05, 3.63) is 59.9 Å². The summed E-state index contributed by atoms with van der Waals surface area (Å²) in [5, 5.41) is 1.13. The molecule has 2 saturated heterocycles. The molecule has 5 rings (SSSR count). The summed E-state index contributed by atoms with van der Waals surface area (Å²) in [6, 6.07) is 9.45. The van der Waals surface area contributed by atoms with Crippen molar-refractivity contribution in [2.45, 2.75) is 50.0 Å². The molecular weight excluding hydrogens is 395 g/mol. The van der Waals surface area contributed by atoms with Gasteiger partial charge in [-0.25, -0.2) is 4.98 Å². The van der Waals surface area contributed by atoms with Crippen LogP contribution < -0.4 is 4.74 Å². The van der Waals surface area contributed by atoms with E-state index in [0.717, 1.165) is 36.7 Å². The quantitative estimate of drug-likeness (QED) is 0.654. The Labute approximate surface area is 170 Å². The largest absolute Gasteiger partial charge is 0.573 e. The first kappa shape index (κ1) is 19.0. The number of carbonyl (C=O) groups excluding carboxylic acids is 1. The second kappa shape index (κ2) is 7.04. The fourth-order valence-corrected chi connectivity index (χ4v) is 5.03. The number of aromatic nitrogens is 2. The van der Waals surface area contributed by atoms with Gasteiger partial charge in [0.05, 0.1) is 0 Å². The van der Waals surface area contributed by atoms with Crippen LogP contribution in [0.1, 0.15) is 47.5 Å². The minimum absolute atomic E-state index is 0.125. The molecule has 2 atom stereocenters. The molecule has 1 aromatic carbocycles. The minimum Gasteiger partial charge on any atom is -0.406 e. The Hall–Kier alpha value is -3.03. The summed E-state index contributed by atoms with van der Waals surface area (Å²) in [5.41, 5.74) is 2.51. The van der Waals surface area contributed by atoms with Gasteiger partial charge < -0.3 is 14.6 Å². The molecule has 8 heteroatoms. The van der Waals surface area contributed by atoms with Gasteiger partial charge in [0.25, 0.3) is 5.91 Å². The molecule has 5 nitrogen and oxygen atoms in total. The fraction of sp³-hybridized carbons (Fsp3) is 0.364. The molecular formula is C22H20F3N3O2. The molecule has 0 aliphatic carbocycles. The average Bonchev–Trinajstić information content (AvgIpc) is 3.25. The third-order valence-electron chi connectivity index (χ3n) is 6.23.